The van der Waals surface area contributed by atoms with Gasteiger partial charge in [-0.1, -0.05) is 0 Å². The van der Waals surface area contributed by atoms with Gasteiger partial charge in [0.15, 0.2) is 5.76 Å². The minimum absolute atomic E-state index is 0.0176. The molecule has 7 heteroatoms. The number of thiophene rings is 1. The molecule has 1 atom stereocenters. The van der Waals surface area contributed by atoms with Crippen molar-refractivity contribution in [3.05, 3.63) is 52.0 Å². The fourth-order valence-electron chi connectivity index (χ4n) is 3.32. The van der Waals surface area contributed by atoms with Crippen molar-refractivity contribution in [3.63, 3.8) is 0 Å². The van der Waals surface area contributed by atoms with E-state index in [0.717, 1.165) is 48.0 Å². The van der Waals surface area contributed by atoms with Gasteiger partial charge in [0.25, 0.3) is 5.91 Å². The van der Waals surface area contributed by atoms with Crippen LogP contribution in [0.5, 0.6) is 0 Å². The van der Waals surface area contributed by atoms with Crippen molar-refractivity contribution in [2.45, 2.75) is 25.4 Å². The molecule has 0 radical (unpaired) electrons. The zero-order valence-electron chi connectivity index (χ0n) is 14.0. The maximum Gasteiger partial charge on any atom is 0.261 e. The van der Waals surface area contributed by atoms with Gasteiger partial charge in [0.2, 0.25) is 0 Å². The van der Waals surface area contributed by atoms with Crippen molar-refractivity contribution in [3.8, 4) is 11.5 Å². The molecule has 0 spiro atoms. The Morgan fingerprint density at radius 1 is 1.40 bits per heavy atom. The van der Waals surface area contributed by atoms with Crippen molar-refractivity contribution in [2.75, 3.05) is 13.6 Å². The first-order chi connectivity index (χ1) is 12.2. The lowest BCUT2D eigenvalue weighted by Gasteiger charge is -2.22. The molecule has 4 heterocycles. The van der Waals surface area contributed by atoms with Crippen LogP contribution in [0.15, 0.2) is 40.9 Å². The van der Waals surface area contributed by atoms with Crippen molar-refractivity contribution in [1.82, 2.24) is 20.4 Å². The number of nitrogens with one attached hydrogen (secondary N) is 2. The number of amides is 1. The number of rotatable bonds is 5. The molecule has 25 heavy (non-hydrogen) atoms. The van der Waals surface area contributed by atoms with E-state index >= 15 is 0 Å². The molecule has 1 fully saturated rings. The van der Waals surface area contributed by atoms with Gasteiger partial charge in [-0.05, 0) is 49.7 Å². The van der Waals surface area contributed by atoms with Crippen LogP contribution >= 0.6 is 11.3 Å². The molecule has 3 aromatic rings. The highest BCUT2D eigenvalue weighted by molar-refractivity contribution is 7.14. The molecule has 1 unspecified atom stereocenters. The van der Waals surface area contributed by atoms with Gasteiger partial charge in [0.1, 0.15) is 11.5 Å². The summed E-state index contributed by atoms with van der Waals surface area (Å²) in [6.07, 6.45) is 3.99. The standard InChI is InChI=1S/C18H20N4O2S/c1-19-18(23)17-7-6-16(25-17)14-3-2-10-22(14)11-12-4-5-15(24-12)13-8-9-20-21-13/h4-9,14H,2-3,10-11H2,1H3,(H,19,23)(H,20,21). The monoisotopic (exact) mass is 356 g/mol. The number of carbonyl (C=O) groups excluding carboxylic acids is 1. The Balaban J connectivity index is 1.48. The summed E-state index contributed by atoms with van der Waals surface area (Å²) >= 11 is 1.58. The van der Waals surface area contributed by atoms with E-state index in [-0.39, 0.29) is 5.91 Å². The van der Waals surface area contributed by atoms with Gasteiger partial charge in [-0.15, -0.1) is 11.3 Å². The van der Waals surface area contributed by atoms with Crippen molar-refractivity contribution < 1.29 is 9.21 Å². The minimum Gasteiger partial charge on any atom is -0.458 e. The van der Waals surface area contributed by atoms with E-state index in [1.807, 2.05) is 24.3 Å². The second-order valence-corrected chi connectivity index (χ2v) is 7.26. The lowest BCUT2D eigenvalue weighted by Crippen LogP contribution is -2.21. The Labute approximate surface area is 149 Å². The fourth-order valence-corrected chi connectivity index (χ4v) is 4.44. The van der Waals surface area contributed by atoms with E-state index < -0.39 is 0 Å². The molecule has 0 aromatic carbocycles. The molecule has 1 aliphatic rings. The SMILES string of the molecule is CNC(=O)c1ccc(C2CCCN2Cc2ccc(-c3ccn[nH]3)o2)s1. The first kappa shape index (κ1) is 16.1. The predicted octanol–water partition coefficient (Wildman–Crippen LogP) is 3.43. The van der Waals surface area contributed by atoms with Gasteiger partial charge in [-0.2, -0.15) is 5.10 Å². The lowest BCUT2D eigenvalue weighted by molar-refractivity contribution is 0.0967. The molecule has 1 saturated heterocycles. The minimum atomic E-state index is -0.0176. The van der Waals surface area contributed by atoms with E-state index in [1.54, 1.807) is 24.6 Å². The number of nitrogens with zero attached hydrogens (tertiary/aromatic N) is 2. The zero-order chi connectivity index (χ0) is 17.2. The van der Waals surface area contributed by atoms with Crippen molar-refractivity contribution in [2.24, 2.45) is 0 Å². The molecule has 0 saturated carbocycles. The summed E-state index contributed by atoms with van der Waals surface area (Å²) in [6, 6.07) is 10.2. The van der Waals surface area contributed by atoms with E-state index in [1.165, 1.54) is 4.88 Å². The number of hydrogen-bond acceptors (Lipinski definition) is 5. The first-order valence-electron chi connectivity index (χ1n) is 8.39. The topological polar surface area (TPSA) is 74.2 Å². The summed E-state index contributed by atoms with van der Waals surface area (Å²) in [6.45, 7) is 1.81. The maximum atomic E-state index is 11.8. The quantitative estimate of drug-likeness (QED) is 0.734. The summed E-state index contributed by atoms with van der Waals surface area (Å²) in [5.41, 5.74) is 0.887. The number of likely N-dealkylation sites (tertiary alicyclic amines) is 1. The normalized spacial score (nSPS) is 17.9. The zero-order valence-corrected chi connectivity index (χ0v) is 14.8. The number of H-pyrrole nitrogens is 1. The Kier molecular flexibility index (Phi) is 4.42. The van der Waals surface area contributed by atoms with E-state index in [9.17, 15) is 4.79 Å². The van der Waals surface area contributed by atoms with Crippen LogP contribution < -0.4 is 5.32 Å². The average molecular weight is 356 g/mol. The van der Waals surface area contributed by atoms with Crippen molar-refractivity contribution >= 4 is 17.2 Å². The largest absolute Gasteiger partial charge is 0.458 e. The molecule has 1 amide bonds. The van der Waals surface area contributed by atoms with Crippen LogP contribution in [0.1, 0.15) is 39.2 Å². The summed E-state index contributed by atoms with van der Waals surface area (Å²) in [4.78, 5) is 16.2. The van der Waals surface area contributed by atoms with Crippen LogP contribution in [-0.2, 0) is 6.54 Å². The average Bonchev–Trinajstić information content (AvgIpc) is 3.38. The molecule has 4 rings (SSSR count). The van der Waals surface area contributed by atoms with Crippen LogP contribution in [0.2, 0.25) is 0 Å². The van der Waals surface area contributed by atoms with Crippen LogP contribution in [0, 0.1) is 0 Å². The smallest absolute Gasteiger partial charge is 0.261 e. The summed E-state index contributed by atoms with van der Waals surface area (Å²) in [5.74, 6) is 1.73. The molecular weight excluding hydrogens is 336 g/mol. The van der Waals surface area contributed by atoms with Gasteiger partial charge in [0.05, 0.1) is 11.4 Å². The van der Waals surface area contributed by atoms with Gasteiger partial charge in [-0.3, -0.25) is 14.8 Å². The highest BCUT2D eigenvalue weighted by atomic mass is 32.1. The molecule has 0 aliphatic carbocycles. The first-order valence-corrected chi connectivity index (χ1v) is 9.20. The second-order valence-electron chi connectivity index (χ2n) is 6.15. The Hall–Kier alpha value is -2.38. The van der Waals surface area contributed by atoms with Gasteiger partial charge < -0.3 is 9.73 Å². The Morgan fingerprint density at radius 3 is 3.12 bits per heavy atom. The third-order valence-electron chi connectivity index (χ3n) is 4.56. The molecule has 6 nitrogen and oxygen atoms in total. The highest BCUT2D eigenvalue weighted by Crippen LogP contribution is 2.37. The second kappa shape index (κ2) is 6.85. The summed E-state index contributed by atoms with van der Waals surface area (Å²) in [5, 5.41) is 9.57. The summed E-state index contributed by atoms with van der Waals surface area (Å²) < 4.78 is 5.96. The summed E-state index contributed by atoms with van der Waals surface area (Å²) in [7, 11) is 1.66. The van der Waals surface area contributed by atoms with Gasteiger partial charge in [-0.25, -0.2) is 0 Å². The Morgan fingerprint density at radius 2 is 2.32 bits per heavy atom. The molecule has 130 valence electrons. The van der Waals surface area contributed by atoms with Crippen LogP contribution in [0.3, 0.4) is 0 Å². The maximum absolute atomic E-state index is 11.8. The molecule has 3 aromatic heterocycles. The van der Waals surface area contributed by atoms with E-state index in [2.05, 4.69) is 26.5 Å². The number of aromatic nitrogens is 2. The van der Waals surface area contributed by atoms with Crippen LogP contribution in [0.4, 0.5) is 0 Å². The van der Waals surface area contributed by atoms with Crippen LogP contribution in [-0.4, -0.2) is 34.6 Å². The molecule has 2 N–H and O–H groups in total. The van der Waals surface area contributed by atoms with E-state index in [0.29, 0.717) is 6.04 Å². The highest BCUT2D eigenvalue weighted by Gasteiger charge is 2.28. The Bertz CT molecular complexity index is 852. The molecule has 0 bridgehead atoms. The number of furan rings is 1. The number of hydrogen-bond donors (Lipinski definition) is 2. The lowest BCUT2D eigenvalue weighted by atomic mass is 10.2. The fraction of sp³-hybridized carbons (Fsp3) is 0.333. The molecular formula is C18H20N4O2S. The van der Waals surface area contributed by atoms with Gasteiger partial charge in [0, 0.05) is 24.2 Å². The third-order valence-corrected chi connectivity index (χ3v) is 5.74. The number of aromatic amines is 1. The van der Waals surface area contributed by atoms with Gasteiger partial charge >= 0.3 is 0 Å². The van der Waals surface area contributed by atoms with E-state index in [4.69, 9.17) is 4.42 Å². The van der Waals surface area contributed by atoms with Crippen LogP contribution in [0.25, 0.3) is 11.5 Å². The van der Waals surface area contributed by atoms with Crippen molar-refractivity contribution in [1.29, 1.82) is 0 Å². The molecule has 1 aliphatic heterocycles. The third kappa shape index (κ3) is 3.25. The predicted molar refractivity (Wildman–Crippen MR) is 96.4 cm³/mol. The number of carbonyl (C=O) groups is 1.